The molecule has 0 radical (unpaired) electrons. The van der Waals surface area contributed by atoms with Crippen LogP contribution in [0.1, 0.15) is 56.2 Å². The maximum Gasteiger partial charge on any atom is 0.270 e. The Morgan fingerprint density at radius 1 is 0.933 bits per heavy atom. The Morgan fingerprint density at radius 2 is 1.60 bits per heavy atom. The van der Waals surface area contributed by atoms with Crippen LogP contribution in [0.3, 0.4) is 0 Å². The van der Waals surface area contributed by atoms with E-state index in [1.54, 1.807) is 12.1 Å². The van der Waals surface area contributed by atoms with Crippen molar-refractivity contribution in [3.8, 4) is 0 Å². The van der Waals surface area contributed by atoms with Crippen molar-refractivity contribution in [3.05, 3.63) is 94.3 Å². The molecule has 0 aliphatic heterocycles. The monoisotopic (exact) mass is 406 g/mol. The van der Waals surface area contributed by atoms with Crippen LogP contribution >= 0.6 is 0 Å². The summed E-state index contributed by atoms with van der Waals surface area (Å²) in [7, 11) is 0. The van der Waals surface area contributed by atoms with Gasteiger partial charge in [0.15, 0.2) is 0 Å². The van der Waals surface area contributed by atoms with Crippen LogP contribution in [0.2, 0.25) is 0 Å². The van der Waals surface area contributed by atoms with Gasteiger partial charge >= 0.3 is 0 Å². The van der Waals surface area contributed by atoms with Crippen molar-refractivity contribution in [2.75, 3.05) is 0 Å². The molecule has 0 fully saturated rings. The Hall–Kier alpha value is -3.61. The smallest absolute Gasteiger partial charge is 0.270 e. The number of nitrogens with one attached hydrogen (secondary N) is 2. The highest BCUT2D eigenvalue weighted by molar-refractivity contribution is 5.97. The second-order valence-electron chi connectivity index (χ2n) is 7.14. The van der Waals surface area contributed by atoms with Gasteiger partial charge in [0.05, 0.1) is 6.04 Å². The van der Waals surface area contributed by atoms with Gasteiger partial charge in [-0.1, -0.05) is 30.3 Å². The highest BCUT2D eigenvalue weighted by Gasteiger charge is 2.16. The molecule has 1 heterocycles. The first-order valence-electron chi connectivity index (χ1n) is 9.56. The zero-order valence-corrected chi connectivity index (χ0v) is 17.1. The normalized spacial score (nSPS) is 11.6. The van der Waals surface area contributed by atoms with Gasteiger partial charge in [0, 0.05) is 12.6 Å². The van der Waals surface area contributed by atoms with E-state index in [0.29, 0.717) is 0 Å². The van der Waals surface area contributed by atoms with Gasteiger partial charge in [-0.2, -0.15) is 0 Å². The molecule has 0 unspecified atom stereocenters. The van der Waals surface area contributed by atoms with E-state index in [0.717, 1.165) is 16.7 Å². The molecule has 0 aliphatic carbocycles. The number of halogens is 1. The molecule has 0 saturated heterocycles. The van der Waals surface area contributed by atoms with Gasteiger partial charge in [-0.25, -0.2) is 14.4 Å². The van der Waals surface area contributed by atoms with Crippen molar-refractivity contribution in [2.24, 2.45) is 0 Å². The van der Waals surface area contributed by atoms with Crippen molar-refractivity contribution in [1.29, 1.82) is 0 Å². The standard InChI is InChI=1S/C23H23FN4O2/c1-14-4-7-18(10-15(14)2)16(3)28-23(30)21-11-20(26-13-27-21)22(29)25-12-17-5-8-19(24)9-6-17/h4-11,13,16H,12H2,1-3H3,(H,25,29)(H,28,30)/t16-/m0/s1. The molecule has 3 rings (SSSR count). The van der Waals surface area contributed by atoms with Crippen molar-refractivity contribution in [2.45, 2.75) is 33.4 Å². The summed E-state index contributed by atoms with van der Waals surface area (Å²) in [6, 6.07) is 13.0. The molecule has 2 amide bonds. The molecule has 3 aromatic rings. The van der Waals surface area contributed by atoms with Gasteiger partial charge in [0.2, 0.25) is 0 Å². The molecule has 0 bridgehead atoms. The number of benzene rings is 2. The predicted octanol–water partition coefficient (Wildman–Crippen LogP) is 3.65. The fourth-order valence-corrected chi connectivity index (χ4v) is 2.87. The molecule has 7 heteroatoms. The van der Waals surface area contributed by atoms with Crippen molar-refractivity contribution < 1.29 is 14.0 Å². The van der Waals surface area contributed by atoms with E-state index < -0.39 is 11.8 Å². The lowest BCUT2D eigenvalue weighted by atomic mass is 10.0. The fourth-order valence-electron chi connectivity index (χ4n) is 2.87. The molecule has 2 aromatic carbocycles. The molecule has 0 spiro atoms. The number of carbonyl (C=O) groups is 2. The Labute approximate surface area is 174 Å². The van der Waals surface area contributed by atoms with Gasteiger partial charge in [-0.3, -0.25) is 9.59 Å². The van der Waals surface area contributed by atoms with E-state index in [1.807, 2.05) is 39.0 Å². The molecule has 6 nitrogen and oxygen atoms in total. The number of hydrogen-bond acceptors (Lipinski definition) is 4. The van der Waals surface area contributed by atoms with Crippen molar-refractivity contribution in [3.63, 3.8) is 0 Å². The molecule has 0 aliphatic rings. The first-order chi connectivity index (χ1) is 14.3. The van der Waals surface area contributed by atoms with Crippen LogP contribution < -0.4 is 10.6 Å². The SMILES string of the molecule is Cc1ccc([C@H](C)NC(=O)c2cc(C(=O)NCc3ccc(F)cc3)ncn2)cc1C. The summed E-state index contributed by atoms with van der Waals surface area (Å²) in [5.74, 6) is -1.18. The summed E-state index contributed by atoms with van der Waals surface area (Å²) in [6.45, 7) is 6.16. The number of hydrogen-bond donors (Lipinski definition) is 2. The Bertz CT molecular complexity index is 1070. The van der Waals surface area contributed by atoms with Crippen molar-refractivity contribution >= 4 is 11.8 Å². The zero-order chi connectivity index (χ0) is 21.7. The lowest BCUT2D eigenvalue weighted by Crippen LogP contribution is -2.29. The average molecular weight is 406 g/mol. The number of carbonyl (C=O) groups excluding carboxylic acids is 2. The third kappa shape index (κ3) is 5.26. The number of amides is 2. The summed E-state index contributed by atoms with van der Waals surface area (Å²) in [5, 5.41) is 5.59. The number of aryl methyl sites for hydroxylation is 2. The summed E-state index contributed by atoms with van der Waals surface area (Å²) >= 11 is 0. The van der Waals surface area contributed by atoms with Crippen LogP contribution in [0.4, 0.5) is 4.39 Å². The van der Waals surface area contributed by atoms with Gasteiger partial charge in [-0.15, -0.1) is 0 Å². The van der Waals surface area contributed by atoms with E-state index in [9.17, 15) is 14.0 Å². The predicted molar refractivity (Wildman–Crippen MR) is 111 cm³/mol. The fraction of sp³-hybridized carbons (Fsp3) is 0.217. The first-order valence-corrected chi connectivity index (χ1v) is 9.56. The van der Waals surface area contributed by atoms with Crippen LogP contribution in [0.5, 0.6) is 0 Å². The van der Waals surface area contributed by atoms with Gasteiger partial charge in [0.25, 0.3) is 11.8 Å². The highest BCUT2D eigenvalue weighted by atomic mass is 19.1. The zero-order valence-electron chi connectivity index (χ0n) is 17.1. The minimum atomic E-state index is -0.446. The first kappa shape index (κ1) is 21.1. The van der Waals surface area contributed by atoms with E-state index in [2.05, 4.69) is 20.6 Å². The Balaban J connectivity index is 1.64. The molecule has 30 heavy (non-hydrogen) atoms. The van der Waals surface area contributed by atoms with Gasteiger partial charge in [-0.05, 0) is 55.2 Å². The number of rotatable bonds is 6. The van der Waals surface area contributed by atoms with E-state index >= 15 is 0 Å². The maximum absolute atomic E-state index is 13.0. The Kier molecular flexibility index (Phi) is 6.51. The molecular weight excluding hydrogens is 383 g/mol. The van der Waals surface area contributed by atoms with Crippen LogP contribution in [0, 0.1) is 19.7 Å². The van der Waals surface area contributed by atoms with Crippen molar-refractivity contribution in [1.82, 2.24) is 20.6 Å². The summed E-state index contributed by atoms with van der Waals surface area (Å²) in [4.78, 5) is 32.9. The molecule has 1 aromatic heterocycles. The lowest BCUT2D eigenvalue weighted by molar-refractivity contribution is 0.0934. The second-order valence-corrected chi connectivity index (χ2v) is 7.14. The molecule has 154 valence electrons. The highest BCUT2D eigenvalue weighted by Crippen LogP contribution is 2.17. The van der Waals surface area contributed by atoms with Gasteiger partial charge in [0.1, 0.15) is 23.5 Å². The quantitative estimate of drug-likeness (QED) is 0.654. The third-order valence-corrected chi connectivity index (χ3v) is 4.88. The van der Waals surface area contributed by atoms with E-state index in [4.69, 9.17) is 0 Å². The van der Waals surface area contributed by atoms with Crippen LogP contribution in [0.15, 0.2) is 54.9 Å². The summed E-state index contributed by atoms with van der Waals surface area (Å²) in [6.07, 6.45) is 1.18. The molecular formula is C23H23FN4O2. The summed E-state index contributed by atoms with van der Waals surface area (Å²) < 4.78 is 13.0. The lowest BCUT2D eigenvalue weighted by Gasteiger charge is -2.15. The largest absolute Gasteiger partial charge is 0.347 e. The second kappa shape index (κ2) is 9.26. The maximum atomic E-state index is 13.0. The van der Waals surface area contributed by atoms with Crippen LogP contribution in [-0.4, -0.2) is 21.8 Å². The third-order valence-electron chi connectivity index (χ3n) is 4.88. The number of nitrogens with zero attached hydrogens (tertiary/aromatic N) is 2. The van der Waals surface area contributed by atoms with Crippen LogP contribution in [0.25, 0.3) is 0 Å². The minimum absolute atomic E-state index is 0.0797. The average Bonchev–Trinajstić information content (AvgIpc) is 2.75. The van der Waals surface area contributed by atoms with Crippen LogP contribution in [-0.2, 0) is 6.54 Å². The molecule has 2 N–H and O–H groups in total. The summed E-state index contributed by atoms with van der Waals surface area (Å²) in [5.41, 5.74) is 4.25. The number of aromatic nitrogens is 2. The Morgan fingerprint density at radius 3 is 2.27 bits per heavy atom. The minimum Gasteiger partial charge on any atom is -0.347 e. The van der Waals surface area contributed by atoms with E-state index in [1.165, 1.54) is 30.1 Å². The van der Waals surface area contributed by atoms with E-state index in [-0.39, 0.29) is 29.8 Å². The molecule has 0 saturated carbocycles. The van der Waals surface area contributed by atoms with Gasteiger partial charge < -0.3 is 10.6 Å². The topological polar surface area (TPSA) is 84.0 Å². The molecule has 1 atom stereocenters.